The van der Waals surface area contributed by atoms with Crippen LogP contribution >= 0.6 is 0 Å². The molecule has 6 nitrogen and oxygen atoms in total. The first-order valence-corrected chi connectivity index (χ1v) is 17.8. The molecule has 0 fully saturated rings. The van der Waals surface area contributed by atoms with Gasteiger partial charge in [0, 0.05) is 11.1 Å². The van der Waals surface area contributed by atoms with Crippen molar-refractivity contribution in [3.63, 3.8) is 0 Å². The molecule has 0 spiro atoms. The summed E-state index contributed by atoms with van der Waals surface area (Å²) in [5.41, 5.74) is -7.86. The smallest absolute Gasteiger partial charge is 0.476 e. The maximum Gasteiger partial charge on any atom is 0.476 e. The summed E-state index contributed by atoms with van der Waals surface area (Å²) >= 11 is 0. The van der Waals surface area contributed by atoms with Crippen molar-refractivity contribution in [3.05, 3.63) is 188 Å². The molecule has 6 aromatic rings. The van der Waals surface area contributed by atoms with E-state index >= 15 is 0 Å². The van der Waals surface area contributed by atoms with E-state index in [0.29, 0.717) is 0 Å². The molecule has 0 bridgehead atoms. The van der Waals surface area contributed by atoms with E-state index in [4.69, 9.17) is 9.31 Å². The number of quaternary nitrogens is 2. The van der Waals surface area contributed by atoms with E-state index in [1.807, 2.05) is 0 Å². The highest BCUT2D eigenvalue weighted by atomic mass is 19.2. The lowest BCUT2D eigenvalue weighted by Gasteiger charge is -2.32. The summed E-state index contributed by atoms with van der Waals surface area (Å²) in [5, 5.41) is 7.68. The Labute approximate surface area is 352 Å². The molecule has 0 unspecified atom stereocenters. The van der Waals surface area contributed by atoms with Crippen LogP contribution in [-0.2, 0) is 9.31 Å². The van der Waals surface area contributed by atoms with Gasteiger partial charge in [-0.05, 0) is 46.1 Å². The maximum absolute atomic E-state index is 14.7. The minimum Gasteiger partial charge on any atom is -0.639 e. The maximum atomic E-state index is 14.7. The Hall–Kier alpha value is -7.09. The van der Waals surface area contributed by atoms with Crippen LogP contribution in [0, 0.1) is 116 Å². The second-order valence-corrected chi connectivity index (χ2v) is 13.8. The molecule has 2 aliphatic heterocycles. The molecule has 6 aromatic carbocycles. The number of halogens is 20. The van der Waals surface area contributed by atoms with Gasteiger partial charge in [-0.1, -0.05) is 46.6 Å². The number of rotatable bonds is 6. The van der Waals surface area contributed by atoms with Crippen LogP contribution in [0.1, 0.15) is 11.1 Å². The summed E-state index contributed by atoms with van der Waals surface area (Å²) < 4.78 is 294. The Kier molecular flexibility index (Phi) is 12.1. The summed E-state index contributed by atoms with van der Waals surface area (Å²) in [6, 6.07) is 13.8. The lowest BCUT2D eigenvalue weighted by atomic mass is 9.41. The van der Waals surface area contributed by atoms with Crippen molar-refractivity contribution in [2.24, 2.45) is 10.2 Å². The van der Waals surface area contributed by atoms with E-state index in [1.54, 1.807) is 0 Å². The summed E-state index contributed by atoms with van der Waals surface area (Å²) in [5.74, 6) is -52.8. The Morgan fingerprint density at radius 1 is 0.273 bits per heavy atom. The van der Waals surface area contributed by atoms with Crippen LogP contribution in [0.4, 0.5) is 87.8 Å². The number of hydrogen-bond acceptors (Lipinski definition) is 4. The third kappa shape index (κ3) is 7.04. The van der Waals surface area contributed by atoms with Gasteiger partial charge in [0.05, 0.1) is 0 Å². The van der Waals surface area contributed by atoms with Gasteiger partial charge < -0.3 is 20.0 Å². The van der Waals surface area contributed by atoms with Crippen LogP contribution in [0.3, 0.4) is 0 Å². The lowest BCUT2D eigenvalue weighted by Crippen LogP contribution is -3.03. The van der Waals surface area contributed by atoms with Crippen molar-refractivity contribution in [2.45, 2.75) is 0 Å². The predicted octanol–water partition coefficient (Wildman–Crippen LogP) is 5.18. The summed E-state index contributed by atoms with van der Waals surface area (Å²) in [4.78, 5) is 0. The topological polar surface area (TPSA) is 76.4 Å². The lowest BCUT2D eigenvalue weighted by molar-refractivity contribution is -0.534. The highest BCUT2D eigenvalue weighted by molar-refractivity contribution is 6.93. The van der Waals surface area contributed by atoms with Gasteiger partial charge in [0.15, 0.2) is 69.8 Å². The Balaban J connectivity index is 0.000000196. The molecule has 8 rings (SSSR count). The van der Waals surface area contributed by atoms with Crippen LogP contribution in [-0.4, -0.2) is 24.8 Å². The van der Waals surface area contributed by atoms with Crippen molar-refractivity contribution in [2.75, 3.05) is 0 Å². The monoisotopic (exact) mass is 960 g/mol. The molecule has 344 valence electrons. The highest BCUT2D eigenvalue weighted by Gasteiger charge is 2.57. The van der Waals surface area contributed by atoms with E-state index < -0.39 is 163 Å². The molecule has 0 aromatic heterocycles. The number of benzene rings is 6. The van der Waals surface area contributed by atoms with Crippen LogP contribution < -0.4 is 32.5 Å². The quantitative estimate of drug-likeness (QED) is 0.0796. The molecule has 2 aliphatic rings. The fourth-order valence-corrected chi connectivity index (χ4v) is 7.08. The molecule has 0 saturated carbocycles. The molecule has 28 heteroatoms. The minimum atomic E-state index is -4.48. The van der Waals surface area contributed by atoms with Gasteiger partial charge in [0.2, 0.25) is 11.8 Å². The van der Waals surface area contributed by atoms with Crippen molar-refractivity contribution in [3.8, 4) is 0 Å². The van der Waals surface area contributed by atoms with E-state index in [-0.39, 0.29) is 21.8 Å². The number of nitrogens with two attached hydrogens (primary N) is 2. The highest BCUT2D eigenvalue weighted by Crippen LogP contribution is 2.27. The van der Waals surface area contributed by atoms with Gasteiger partial charge in [-0.2, -0.15) is 0 Å². The van der Waals surface area contributed by atoms with E-state index in [1.165, 1.54) is 60.7 Å². The first-order chi connectivity index (χ1) is 31.0. The zero-order chi connectivity index (χ0) is 48.5. The molecule has 0 aliphatic carbocycles. The number of nitrogens with zero attached hydrogens (tertiary/aromatic N) is 2. The summed E-state index contributed by atoms with van der Waals surface area (Å²) in [6.07, 6.45) is 0. The third-order valence-electron chi connectivity index (χ3n) is 10.1. The molecule has 0 saturated heterocycles. The molecule has 4 N–H and O–H groups in total. The fourth-order valence-electron chi connectivity index (χ4n) is 7.08. The van der Waals surface area contributed by atoms with Gasteiger partial charge in [-0.25, -0.2) is 87.8 Å². The fraction of sp³-hybridized carbons (Fsp3) is 0. The summed E-state index contributed by atoms with van der Waals surface area (Å²) in [7, 11) is 0. The molecule has 0 amide bonds. The molecule has 66 heavy (non-hydrogen) atoms. The van der Waals surface area contributed by atoms with Crippen LogP contribution in [0.25, 0.3) is 0 Å². The van der Waals surface area contributed by atoms with Crippen molar-refractivity contribution in [1.29, 1.82) is 0 Å². The van der Waals surface area contributed by atoms with Gasteiger partial charge in [0.1, 0.15) is 46.5 Å². The van der Waals surface area contributed by atoms with Crippen LogP contribution in [0.15, 0.2) is 70.9 Å². The standard InChI is InChI=1S/2C19H7BF10N2O/c2*21-9-7(10(22)14(26)17(29)13(9)25)20(8-11(23)15(27)18(30)16(28)12(8)24)32-31-19(33-20)6-4-2-1-3-5-6/h2*1-5H,32H2. The largest absolute Gasteiger partial charge is 0.639 e. The minimum absolute atomic E-state index is 0.00486. The van der Waals surface area contributed by atoms with Crippen molar-refractivity contribution >= 4 is 46.6 Å². The van der Waals surface area contributed by atoms with Gasteiger partial charge >= 0.3 is 13.0 Å². The van der Waals surface area contributed by atoms with Gasteiger partial charge in [-0.3, -0.25) is 0 Å². The number of hydrogen-bond donors (Lipinski definition) is 2. The molecule has 2 heterocycles. The van der Waals surface area contributed by atoms with Crippen LogP contribution in [0.5, 0.6) is 0 Å². The van der Waals surface area contributed by atoms with Crippen molar-refractivity contribution in [1.82, 2.24) is 0 Å². The van der Waals surface area contributed by atoms with Gasteiger partial charge in [0.25, 0.3) is 0 Å². The summed E-state index contributed by atoms with van der Waals surface area (Å²) in [6.45, 7) is -8.95. The van der Waals surface area contributed by atoms with Crippen LogP contribution in [0.2, 0.25) is 0 Å². The average molecular weight is 960 g/mol. The zero-order valence-electron chi connectivity index (χ0n) is 31.4. The molecular weight excluding hydrogens is 946 g/mol. The van der Waals surface area contributed by atoms with E-state index in [2.05, 4.69) is 10.2 Å². The average Bonchev–Trinajstić information content (AvgIpc) is 3.96. The second-order valence-electron chi connectivity index (χ2n) is 13.8. The Morgan fingerprint density at radius 2 is 0.455 bits per heavy atom. The first-order valence-electron chi connectivity index (χ1n) is 17.8. The third-order valence-corrected chi connectivity index (χ3v) is 10.1. The Bertz CT molecular complexity index is 2610. The molecule has 0 atom stereocenters. The predicted molar refractivity (Wildman–Crippen MR) is 187 cm³/mol. The normalized spacial score (nSPS) is 14.9. The molecular formula is C38H14B2F20N4O2. The van der Waals surface area contributed by atoms with E-state index in [0.717, 1.165) is 0 Å². The van der Waals surface area contributed by atoms with Gasteiger partial charge in [-0.15, -0.1) is 0 Å². The van der Waals surface area contributed by atoms with E-state index in [9.17, 15) is 87.8 Å². The zero-order valence-corrected chi connectivity index (χ0v) is 31.4. The second kappa shape index (κ2) is 17.0. The molecule has 0 radical (unpaired) electrons. The first kappa shape index (κ1) is 46.9. The van der Waals surface area contributed by atoms with Crippen molar-refractivity contribution < 1.29 is 108 Å². The Morgan fingerprint density at radius 3 is 0.652 bits per heavy atom. The SMILES string of the molecule is Fc1c(F)c(F)c([B-]2(c3c(F)c(F)c(F)c(F)c3F)[NH2+]N=C(c3ccccc3)O2)c(F)c1F.Fc1c(F)c(F)c([B-]2(c3c(F)c(F)c(F)c(F)c3F)[NH2+]N=C(c3ccccc3)O2)c(F)c1F.